The van der Waals surface area contributed by atoms with Gasteiger partial charge in [0.25, 0.3) is 0 Å². The molecule has 1 heterocycles. The number of guanidine groups is 1. The molecule has 1 aliphatic rings. The maximum absolute atomic E-state index is 11.9. The molecule has 1 unspecified atom stereocenters. The van der Waals surface area contributed by atoms with Crippen molar-refractivity contribution in [1.82, 2.24) is 20.0 Å². The fourth-order valence-corrected chi connectivity index (χ4v) is 3.33. The summed E-state index contributed by atoms with van der Waals surface area (Å²) in [6.07, 6.45) is -0.236. The van der Waals surface area contributed by atoms with Gasteiger partial charge in [-0.15, -0.1) is 24.0 Å². The maximum atomic E-state index is 11.9. The van der Waals surface area contributed by atoms with E-state index in [0.717, 1.165) is 31.3 Å². The van der Waals surface area contributed by atoms with Crippen LogP contribution in [0, 0.1) is 0 Å². The summed E-state index contributed by atoms with van der Waals surface area (Å²) < 4.78 is 10.5. The first-order valence-electron chi connectivity index (χ1n) is 10.2. The second-order valence-electron chi connectivity index (χ2n) is 7.12. The number of piperazine rings is 1. The zero-order valence-electron chi connectivity index (χ0n) is 18.8. The van der Waals surface area contributed by atoms with Crippen molar-refractivity contribution in [2.24, 2.45) is 4.99 Å². The maximum Gasteiger partial charge on any atom is 0.409 e. The SMILES string of the molecule is CCNC(=NCC(c1cccc(OC)c1)N(C)C)N1CCN(C(=O)OCC)CC1.I. The molecule has 170 valence electrons. The number of nitrogens with one attached hydrogen (secondary N) is 1. The lowest BCUT2D eigenvalue weighted by Crippen LogP contribution is -2.54. The van der Waals surface area contributed by atoms with Gasteiger partial charge in [0.05, 0.1) is 26.3 Å². The van der Waals surface area contributed by atoms with E-state index in [4.69, 9.17) is 14.5 Å². The molecule has 9 heteroatoms. The number of carbonyl (C=O) groups is 1. The van der Waals surface area contributed by atoms with Crippen LogP contribution in [0.4, 0.5) is 4.79 Å². The molecule has 1 fully saturated rings. The number of rotatable bonds is 7. The Balaban J connectivity index is 0.00000450. The van der Waals surface area contributed by atoms with Crippen LogP contribution in [0.5, 0.6) is 5.75 Å². The van der Waals surface area contributed by atoms with Crippen molar-refractivity contribution in [2.75, 3.05) is 67.1 Å². The molecule has 0 saturated carbocycles. The molecule has 0 spiro atoms. The highest BCUT2D eigenvalue weighted by molar-refractivity contribution is 14.0. The number of aliphatic imine (C=N–C) groups is 1. The second-order valence-corrected chi connectivity index (χ2v) is 7.12. The standard InChI is InChI=1S/C21H35N5O3.HI/c1-6-22-20(25-11-13-26(14-12-25)21(27)29-7-2)23-16-19(24(3)4)17-9-8-10-18(15-17)28-5;/h8-10,15,19H,6-7,11-14,16H2,1-5H3,(H,22,23);1H. The molecule has 0 aliphatic carbocycles. The molecule has 1 aliphatic heterocycles. The molecule has 1 aromatic carbocycles. The van der Waals surface area contributed by atoms with Crippen LogP contribution < -0.4 is 10.1 Å². The number of hydrogen-bond donors (Lipinski definition) is 1. The van der Waals surface area contributed by atoms with E-state index in [-0.39, 0.29) is 36.1 Å². The predicted octanol–water partition coefficient (Wildman–Crippen LogP) is 2.66. The first-order valence-corrected chi connectivity index (χ1v) is 10.2. The first-order chi connectivity index (χ1) is 14.0. The average Bonchev–Trinajstić information content (AvgIpc) is 2.73. The Bertz CT molecular complexity index is 678. The van der Waals surface area contributed by atoms with Gasteiger partial charge >= 0.3 is 6.09 Å². The second kappa shape index (κ2) is 13.5. The fraction of sp³-hybridized carbons (Fsp3) is 0.619. The molecule has 30 heavy (non-hydrogen) atoms. The monoisotopic (exact) mass is 533 g/mol. The van der Waals surface area contributed by atoms with E-state index >= 15 is 0 Å². The van der Waals surface area contributed by atoms with Gasteiger partial charge in [-0.3, -0.25) is 4.99 Å². The van der Waals surface area contributed by atoms with Crippen LogP contribution in [-0.2, 0) is 4.74 Å². The van der Waals surface area contributed by atoms with Crippen molar-refractivity contribution < 1.29 is 14.3 Å². The van der Waals surface area contributed by atoms with Crippen LogP contribution in [-0.4, -0.2) is 93.8 Å². The van der Waals surface area contributed by atoms with E-state index in [2.05, 4.69) is 48.3 Å². The molecule has 1 atom stereocenters. The third-order valence-electron chi connectivity index (χ3n) is 4.96. The molecular weight excluding hydrogens is 497 g/mol. The quantitative estimate of drug-likeness (QED) is 0.330. The van der Waals surface area contributed by atoms with Crippen molar-refractivity contribution in [3.05, 3.63) is 29.8 Å². The molecule has 2 rings (SSSR count). The summed E-state index contributed by atoms with van der Waals surface area (Å²) in [6.45, 7) is 8.45. The van der Waals surface area contributed by atoms with Gasteiger partial charge in [0, 0.05) is 32.7 Å². The number of carbonyl (C=O) groups excluding carboxylic acids is 1. The normalized spacial score (nSPS) is 15.5. The summed E-state index contributed by atoms with van der Waals surface area (Å²) in [4.78, 5) is 23.0. The lowest BCUT2D eigenvalue weighted by Gasteiger charge is -2.36. The van der Waals surface area contributed by atoms with Gasteiger partial charge in [0.1, 0.15) is 5.75 Å². The first kappa shape index (κ1) is 26.3. The van der Waals surface area contributed by atoms with Gasteiger partial charge in [-0.1, -0.05) is 12.1 Å². The zero-order chi connectivity index (χ0) is 21.2. The number of amides is 1. The topological polar surface area (TPSA) is 69.6 Å². The minimum absolute atomic E-state index is 0. The third kappa shape index (κ3) is 7.50. The summed E-state index contributed by atoms with van der Waals surface area (Å²) >= 11 is 0. The Hall–Kier alpha value is -1.75. The van der Waals surface area contributed by atoms with Gasteiger partial charge < -0.3 is 29.5 Å². The fourth-order valence-electron chi connectivity index (χ4n) is 3.33. The van der Waals surface area contributed by atoms with Gasteiger partial charge in [-0.25, -0.2) is 4.79 Å². The molecule has 0 aromatic heterocycles. The number of halogens is 1. The molecule has 1 aromatic rings. The number of benzene rings is 1. The molecular formula is C21H36IN5O3. The Kier molecular flexibility index (Phi) is 11.9. The largest absolute Gasteiger partial charge is 0.497 e. The van der Waals surface area contributed by atoms with Gasteiger partial charge in [0.15, 0.2) is 5.96 Å². The summed E-state index contributed by atoms with van der Waals surface area (Å²) in [6, 6.07) is 8.26. The molecule has 8 nitrogen and oxygen atoms in total. The minimum atomic E-state index is -0.236. The molecule has 0 radical (unpaired) electrons. The zero-order valence-corrected chi connectivity index (χ0v) is 21.1. The average molecular weight is 533 g/mol. The van der Waals surface area contributed by atoms with Crippen LogP contribution in [0.1, 0.15) is 25.5 Å². The van der Waals surface area contributed by atoms with Crippen LogP contribution in [0.2, 0.25) is 0 Å². The Labute approximate surface area is 197 Å². The van der Waals surface area contributed by atoms with Crippen LogP contribution >= 0.6 is 24.0 Å². The molecule has 1 amide bonds. The van der Waals surface area contributed by atoms with Gasteiger partial charge in [-0.2, -0.15) is 0 Å². The Morgan fingerprint density at radius 1 is 1.20 bits per heavy atom. The van der Waals surface area contributed by atoms with Crippen LogP contribution in [0.25, 0.3) is 0 Å². The number of hydrogen-bond acceptors (Lipinski definition) is 5. The number of nitrogens with zero attached hydrogens (tertiary/aromatic N) is 4. The molecule has 0 bridgehead atoms. The predicted molar refractivity (Wildman–Crippen MR) is 131 cm³/mol. The van der Waals surface area contributed by atoms with E-state index in [0.29, 0.717) is 26.2 Å². The minimum Gasteiger partial charge on any atom is -0.497 e. The third-order valence-corrected chi connectivity index (χ3v) is 4.96. The highest BCUT2D eigenvalue weighted by Gasteiger charge is 2.24. The Morgan fingerprint density at radius 3 is 2.43 bits per heavy atom. The van der Waals surface area contributed by atoms with Crippen molar-refractivity contribution >= 4 is 36.0 Å². The van der Waals surface area contributed by atoms with Crippen LogP contribution in [0.3, 0.4) is 0 Å². The van der Waals surface area contributed by atoms with E-state index in [1.54, 1.807) is 12.0 Å². The summed E-state index contributed by atoms with van der Waals surface area (Å²) in [5.74, 6) is 1.73. The Morgan fingerprint density at radius 2 is 1.87 bits per heavy atom. The smallest absolute Gasteiger partial charge is 0.409 e. The lowest BCUT2D eigenvalue weighted by atomic mass is 10.1. The number of ether oxygens (including phenoxy) is 2. The van der Waals surface area contributed by atoms with Crippen LogP contribution in [0.15, 0.2) is 29.3 Å². The van der Waals surface area contributed by atoms with Gasteiger partial charge in [0.2, 0.25) is 0 Å². The van der Waals surface area contributed by atoms with Crippen molar-refractivity contribution in [3.8, 4) is 5.75 Å². The summed E-state index contributed by atoms with van der Waals surface area (Å²) in [5.41, 5.74) is 1.17. The van der Waals surface area contributed by atoms with E-state index in [1.807, 2.05) is 19.1 Å². The van der Waals surface area contributed by atoms with Crippen molar-refractivity contribution in [2.45, 2.75) is 19.9 Å². The highest BCUT2D eigenvalue weighted by Crippen LogP contribution is 2.23. The lowest BCUT2D eigenvalue weighted by molar-refractivity contribution is 0.0914. The van der Waals surface area contributed by atoms with Gasteiger partial charge in [-0.05, 0) is 45.6 Å². The number of likely N-dealkylation sites (N-methyl/N-ethyl adjacent to an activating group) is 1. The molecule has 1 saturated heterocycles. The van der Waals surface area contributed by atoms with E-state index in [1.165, 1.54) is 5.56 Å². The van der Waals surface area contributed by atoms with E-state index < -0.39 is 0 Å². The summed E-state index contributed by atoms with van der Waals surface area (Å²) in [7, 11) is 5.80. The van der Waals surface area contributed by atoms with E-state index in [9.17, 15) is 4.79 Å². The highest BCUT2D eigenvalue weighted by atomic mass is 127. The number of methoxy groups -OCH3 is 1. The molecule has 1 N–H and O–H groups in total. The van der Waals surface area contributed by atoms with Crippen molar-refractivity contribution in [1.29, 1.82) is 0 Å². The van der Waals surface area contributed by atoms with Crippen molar-refractivity contribution in [3.63, 3.8) is 0 Å². The summed E-state index contributed by atoms with van der Waals surface area (Å²) in [5, 5.41) is 3.39.